The maximum atomic E-state index is 5.92. The molecule has 0 atom stereocenters. The number of rotatable bonds is 7. The predicted octanol–water partition coefficient (Wildman–Crippen LogP) is 1.41. The first-order valence-corrected chi connectivity index (χ1v) is 6.57. The van der Waals surface area contributed by atoms with Gasteiger partial charge < -0.3 is 10.1 Å². The molecule has 0 aromatic carbocycles. The van der Waals surface area contributed by atoms with Crippen LogP contribution in [-0.2, 0) is 4.74 Å². The van der Waals surface area contributed by atoms with Crippen LogP contribution >= 0.6 is 0 Å². The summed E-state index contributed by atoms with van der Waals surface area (Å²) in [5.74, 6) is 0. The second-order valence-electron chi connectivity index (χ2n) is 4.83. The monoisotopic (exact) mass is 224 g/mol. The molecule has 1 heterocycles. The Kier molecular flexibility index (Phi) is 4.82. The van der Waals surface area contributed by atoms with Gasteiger partial charge in [-0.1, -0.05) is 6.08 Å². The first-order chi connectivity index (χ1) is 7.90. The quantitative estimate of drug-likeness (QED) is 0.662. The number of hydrogen-bond donors (Lipinski definition) is 1. The minimum absolute atomic E-state index is 0.492. The van der Waals surface area contributed by atoms with Gasteiger partial charge in [-0.25, -0.2) is 0 Å². The molecule has 0 spiro atoms. The summed E-state index contributed by atoms with van der Waals surface area (Å²) in [5, 5.41) is 3.36. The maximum absolute atomic E-state index is 5.92. The van der Waals surface area contributed by atoms with E-state index in [-0.39, 0.29) is 0 Å². The van der Waals surface area contributed by atoms with Crippen molar-refractivity contribution in [2.75, 3.05) is 32.8 Å². The molecule has 0 radical (unpaired) electrons. The number of hydrogen-bond acceptors (Lipinski definition) is 3. The molecule has 92 valence electrons. The van der Waals surface area contributed by atoms with Gasteiger partial charge in [0.15, 0.2) is 0 Å². The third kappa shape index (κ3) is 3.89. The molecule has 3 nitrogen and oxygen atoms in total. The zero-order chi connectivity index (χ0) is 11.2. The Morgan fingerprint density at radius 1 is 1.25 bits per heavy atom. The van der Waals surface area contributed by atoms with Crippen molar-refractivity contribution in [1.82, 2.24) is 10.2 Å². The topological polar surface area (TPSA) is 24.5 Å². The largest absolute Gasteiger partial charge is 0.377 e. The molecule has 0 amide bonds. The van der Waals surface area contributed by atoms with Gasteiger partial charge in [-0.05, 0) is 38.8 Å². The van der Waals surface area contributed by atoms with E-state index in [0.29, 0.717) is 6.10 Å². The Bertz CT molecular complexity index is 210. The third-order valence-corrected chi connectivity index (χ3v) is 3.45. The molecular formula is C13H24N2O. The fraction of sp³-hybridized carbons (Fsp3) is 0.846. The lowest BCUT2D eigenvalue weighted by Gasteiger charge is -2.25. The van der Waals surface area contributed by atoms with E-state index in [9.17, 15) is 0 Å². The fourth-order valence-corrected chi connectivity index (χ4v) is 2.33. The molecule has 0 bridgehead atoms. The van der Waals surface area contributed by atoms with Crippen molar-refractivity contribution in [3.05, 3.63) is 12.7 Å². The number of nitrogens with zero attached hydrogens (tertiary/aromatic N) is 1. The van der Waals surface area contributed by atoms with Crippen molar-refractivity contribution < 1.29 is 4.74 Å². The van der Waals surface area contributed by atoms with Gasteiger partial charge in [0.05, 0.1) is 12.7 Å². The maximum Gasteiger partial charge on any atom is 0.0600 e. The third-order valence-electron chi connectivity index (χ3n) is 3.45. The Morgan fingerprint density at radius 2 is 2.00 bits per heavy atom. The molecule has 1 saturated heterocycles. The highest BCUT2D eigenvalue weighted by Crippen LogP contribution is 2.26. The molecule has 2 fully saturated rings. The Hall–Kier alpha value is -0.380. The molecule has 2 aliphatic rings. The van der Waals surface area contributed by atoms with Crippen LogP contribution in [-0.4, -0.2) is 49.8 Å². The molecule has 0 aromatic rings. The van der Waals surface area contributed by atoms with Gasteiger partial charge in [0.25, 0.3) is 0 Å². The first-order valence-electron chi connectivity index (χ1n) is 6.57. The Balaban J connectivity index is 1.59. The van der Waals surface area contributed by atoms with E-state index in [0.717, 1.165) is 38.8 Å². The van der Waals surface area contributed by atoms with E-state index >= 15 is 0 Å². The van der Waals surface area contributed by atoms with Crippen LogP contribution in [0.3, 0.4) is 0 Å². The molecule has 16 heavy (non-hydrogen) atoms. The highest BCUT2D eigenvalue weighted by atomic mass is 16.5. The van der Waals surface area contributed by atoms with Crippen LogP contribution in [0.1, 0.15) is 25.7 Å². The number of nitrogens with one attached hydrogen (secondary N) is 1. The minimum Gasteiger partial charge on any atom is -0.377 e. The number of piperidine rings is 1. The van der Waals surface area contributed by atoms with Crippen molar-refractivity contribution in [3.8, 4) is 0 Å². The molecule has 1 aliphatic heterocycles. The zero-order valence-electron chi connectivity index (χ0n) is 10.2. The van der Waals surface area contributed by atoms with Gasteiger partial charge in [-0.15, -0.1) is 6.58 Å². The summed E-state index contributed by atoms with van der Waals surface area (Å²) in [5.41, 5.74) is 0. The van der Waals surface area contributed by atoms with Crippen molar-refractivity contribution in [1.29, 1.82) is 0 Å². The summed E-state index contributed by atoms with van der Waals surface area (Å²) < 4.78 is 5.92. The van der Waals surface area contributed by atoms with E-state index in [2.05, 4.69) is 16.8 Å². The molecule has 2 rings (SSSR count). The van der Waals surface area contributed by atoms with Crippen molar-refractivity contribution in [2.24, 2.45) is 0 Å². The lowest BCUT2D eigenvalue weighted by Crippen LogP contribution is -2.35. The molecule has 1 aliphatic carbocycles. The predicted molar refractivity (Wildman–Crippen MR) is 66.6 cm³/mol. The SMILES string of the molecule is C=CCN(CCOC1CCNCC1)C1CC1. The molecule has 0 aromatic heterocycles. The van der Waals surface area contributed by atoms with Crippen LogP contribution < -0.4 is 5.32 Å². The summed E-state index contributed by atoms with van der Waals surface area (Å²) in [6.45, 7) is 9.02. The van der Waals surface area contributed by atoms with Gasteiger partial charge in [0.1, 0.15) is 0 Å². The normalized spacial score (nSPS) is 22.6. The molecule has 1 saturated carbocycles. The Morgan fingerprint density at radius 3 is 2.62 bits per heavy atom. The first kappa shape index (κ1) is 12.1. The van der Waals surface area contributed by atoms with Gasteiger partial charge in [0.2, 0.25) is 0 Å². The summed E-state index contributed by atoms with van der Waals surface area (Å²) in [6.07, 6.45) is 7.56. The summed E-state index contributed by atoms with van der Waals surface area (Å²) >= 11 is 0. The smallest absolute Gasteiger partial charge is 0.0600 e. The van der Waals surface area contributed by atoms with Crippen LogP contribution in [0.15, 0.2) is 12.7 Å². The van der Waals surface area contributed by atoms with E-state index in [4.69, 9.17) is 4.74 Å². The van der Waals surface area contributed by atoms with E-state index in [1.807, 2.05) is 6.08 Å². The van der Waals surface area contributed by atoms with Crippen molar-refractivity contribution in [3.63, 3.8) is 0 Å². The van der Waals surface area contributed by atoms with Crippen LogP contribution in [0.25, 0.3) is 0 Å². The second-order valence-corrected chi connectivity index (χ2v) is 4.83. The zero-order valence-corrected chi connectivity index (χ0v) is 10.2. The van der Waals surface area contributed by atoms with Gasteiger partial charge in [0, 0.05) is 19.1 Å². The second kappa shape index (κ2) is 6.38. The van der Waals surface area contributed by atoms with Crippen LogP contribution in [0.5, 0.6) is 0 Å². The molecular weight excluding hydrogens is 200 g/mol. The van der Waals surface area contributed by atoms with Gasteiger partial charge >= 0.3 is 0 Å². The van der Waals surface area contributed by atoms with Gasteiger partial charge in [-0.3, -0.25) is 4.90 Å². The van der Waals surface area contributed by atoms with E-state index in [1.54, 1.807) is 0 Å². The average molecular weight is 224 g/mol. The summed E-state index contributed by atoms with van der Waals surface area (Å²) in [6, 6.07) is 0.814. The number of ether oxygens (including phenoxy) is 1. The van der Waals surface area contributed by atoms with Gasteiger partial charge in [-0.2, -0.15) is 0 Å². The minimum atomic E-state index is 0.492. The lowest BCUT2D eigenvalue weighted by atomic mass is 10.1. The highest BCUT2D eigenvalue weighted by Gasteiger charge is 2.27. The summed E-state index contributed by atoms with van der Waals surface area (Å²) in [7, 11) is 0. The highest BCUT2D eigenvalue weighted by molar-refractivity contribution is 4.88. The standard InChI is InChI=1S/C13H24N2O/c1-2-9-15(12-3-4-12)10-11-16-13-5-7-14-8-6-13/h2,12-14H,1,3-11H2. The molecule has 0 unspecified atom stereocenters. The van der Waals surface area contributed by atoms with Crippen molar-refractivity contribution >= 4 is 0 Å². The van der Waals surface area contributed by atoms with E-state index in [1.165, 1.54) is 25.7 Å². The fourth-order valence-electron chi connectivity index (χ4n) is 2.33. The van der Waals surface area contributed by atoms with Crippen LogP contribution in [0.2, 0.25) is 0 Å². The lowest BCUT2D eigenvalue weighted by molar-refractivity contribution is 0.0205. The molecule has 1 N–H and O–H groups in total. The Labute approximate surface area is 98.8 Å². The van der Waals surface area contributed by atoms with Crippen LogP contribution in [0.4, 0.5) is 0 Å². The van der Waals surface area contributed by atoms with Crippen molar-refractivity contribution in [2.45, 2.75) is 37.8 Å². The van der Waals surface area contributed by atoms with E-state index < -0.39 is 0 Å². The average Bonchev–Trinajstić information content (AvgIpc) is 3.13. The van der Waals surface area contributed by atoms with Crippen LogP contribution in [0, 0.1) is 0 Å². The summed E-state index contributed by atoms with van der Waals surface area (Å²) in [4.78, 5) is 2.49. The molecule has 3 heteroatoms.